The minimum Gasteiger partial charge on any atom is -0.357 e. The summed E-state index contributed by atoms with van der Waals surface area (Å²) < 4.78 is 0. The first-order valence-corrected chi connectivity index (χ1v) is 9.51. The number of carbonyl (C=O) groups excluding carboxylic acids is 1. The minimum absolute atomic E-state index is 0.0331. The molecule has 0 aliphatic rings. The predicted octanol–water partition coefficient (Wildman–Crippen LogP) is 2.55. The summed E-state index contributed by atoms with van der Waals surface area (Å²) in [6, 6.07) is 14.1. The van der Waals surface area contributed by atoms with E-state index in [1.165, 1.54) is 4.88 Å². The zero-order chi connectivity index (χ0) is 17.7. The van der Waals surface area contributed by atoms with E-state index in [0.29, 0.717) is 19.5 Å². The van der Waals surface area contributed by atoms with Gasteiger partial charge in [0.2, 0.25) is 5.91 Å². The van der Waals surface area contributed by atoms with Gasteiger partial charge in [0.05, 0.1) is 0 Å². The lowest BCUT2D eigenvalue weighted by molar-refractivity contribution is -0.121. The molecule has 2 rings (SSSR count). The second-order valence-corrected chi connectivity index (χ2v) is 6.56. The zero-order valence-electron chi connectivity index (χ0n) is 14.6. The Kier molecular flexibility index (Phi) is 8.55. The summed E-state index contributed by atoms with van der Waals surface area (Å²) in [6.07, 6.45) is 1.36. The van der Waals surface area contributed by atoms with E-state index in [1.807, 2.05) is 37.3 Å². The highest BCUT2D eigenvalue weighted by molar-refractivity contribution is 7.09. The van der Waals surface area contributed by atoms with Gasteiger partial charge in [-0.3, -0.25) is 9.79 Å². The molecule has 1 amide bonds. The van der Waals surface area contributed by atoms with Crippen molar-refractivity contribution in [2.24, 2.45) is 4.99 Å². The monoisotopic (exact) mass is 358 g/mol. The first-order chi connectivity index (χ1) is 12.3. The Morgan fingerprint density at radius 2 is 1.92 bits per heavy atom. The highest BCUT2D eigenvalue weighted by Gasteiger charge is 2.03. The molecule has 6 heteroatoms. The van der Waals surface area contributed by atoms with Gasteiger partial charge >= 0.3 is 0 Å². The summed E-state index contributed by atoms with van der Waals surface area (Å²) >= 11 is 1.75. The summed E-state index contributed by atoms with van der Waals surface area (Å²) in [4.78, 5) is 17.8. The van der Waals surface area contributed by atoms with Gasteiger partial charge in [-0.25, -0.2) is 0 Å². The summed E-state index contributed by atoms with van der Waals surface area (Å²) in [5.41, 5.74) is 1.10. The van der Waals surface area contributed by atoms with Crippen LogP contribution in [-0.4, -0.2) is 31.5 Å². The SMILES string of the molecule is CCNC(=NCCc1cccs1)NCCC(=O)NCc1ccccc1. The van der Waals surface area contributed by atoms with Gasteiger partial charge in [0.1, 0.15) is 0 Å². The van der Waals surface area contributed by atoms with Crippen molar-refractivity contribution in [3.05, 3.63) is 58.3 Å². The van der Waals surface area contributed by atoms with E-state index in [0.717, 1.165) is 31.0 Å². The maximum atomic E-state index is 11.9. The van der Waals surface area contributed by atoms with Crippen LogP contribution in [0.25, 0.3) is 0 Å². The van der Waals surface area contributed by atoms with E-state index in [1.54, 1.807) is 11.3 Å². The summed E-state index contributed by atoms with van der Waals surface area (Å²) in [6.45, 7) is 4.68. The third-order valence-electron chi connectivity index (χ3n) is 3.53. The van der Waals surface area contributed by atoms with Gasteiger partial charge in [0, 0.05) is 43.9 Å². The van der Waals surface area contributed by atoms with Gasteiger partial charge in [0.25, 0.3) is 0 Å². The third kappa shape index (κ3) is 7.85. The number of hydrogen-bond donors (Lipinski definition) is 3. The summed E-state index contributed by atoms with van der Waals surface area (Å²) in [5, 5.41) is 11.4. The Hall–Kier alpha value is -2.34. The van der Waals surface area contributed by atoms with Gasteiger partial charge in [0.15, 0.2) is 5.96 Å². The molecule has 5 nitrogen and oxygen atoms in total. The third-order valence-corrected chi connectivity index (χ3v) is 4.47. The normalized spacial score (nSPS) is 11.2. The first-order valence-electron chi connectivity index (χ1n) is 8.63. The molecule has 3 N–H and O–H groups in total. The molecular formula is C19H26N4OS. The number of aliphatic imine (C=N–C) groups is 1. The molecule has 1 heterocycles. The van der Waals surface area contributed by atoms with Crippen molar-refractivity contribution >= 4 is 23.2 Å². The van der Waals surface area contributed by atoms with Crippen molar-refractivity contribution in [2.75, 3.05) is 19.6 Å². The average molecular weight is 359 g/mol. The number of guanidine groups is 1. The van der Waals surface area contributed by atoms with Crippen molar-refractivity contribution in [3.63, 3.8) is 0 Å². The van der Waals surface area contributed by atoms with Crippen LogP contribution in [0.1, 0.15) is 23.8 Å². The van der Waals surface area contributed by atoms with Crippen LogP contribution >= 0.6 is 11.3 Å². The lowest BCUT2D eigenvalue weighted by Gasteiger charge is -2.11. The largest absolute Gasteiger partial charge is 0.357 e. The Labute approximate surface area is 153 Å². The number of hydrogen-bond acceptors (Lipinski definition) is 3. The molecule has 0 aliphatic carbocycles. The molecule has 0 bridgehead atoms. The number of thiophene rings is 1. The number of benzene rings is 1. The van der Waals surface area contributed by atoms with Crippen molar-refractivity contribution < 1.29 is 4.79 Å². The fourth-order valence-corrected chi connectivity index (χ4v) is 2.95. The molecule has 0 fully saturated rings. The smallest absolute Gasteiger partial charge is 0.222 e. The Morgan fingerprint density at radius 3 is 2.64 bits per heavy atom. The molecular weight excluding hydrogens is 332 g/mol. The molecule has 0 atom stereocenters. The van der Waals surface area contributed by atoms with Gasteiger partial charge < -0.3 is 16.0 Å². The minimum atomic E-state index is 0.0331. The molecule has 1 aromatic carbocycles. The molecule has 0 radical (unpaired) electrons. The number of nitrogens with one attached hydrogen (secondary N) is 3. The first kappa shape index (κ1) is 19.0. The maximum absolute atomic E-state index is 11.9. The van der Waals surface area contributed by atoms with Crippen LogP contribution in [0.2, 0.25) is 0 Å². The summed E-state index contributed by atoms with van der Waals surface area (Å²) in [7, 11) is 0. The lowest BCUT2D eigenvalue weighted by Crippen LogP contribution is -2.39. The summed E-state index contributed by atoms with van der Waals surface area (Å²) in [5.74, 6) is 0.792. The van der Waals surface area contributed by atoms with Crippen LogP contribution in [0.15, 0.2) is 52.8 Å². The molecule has 0 aliphatic heterocycles. The van der Waals surface area contributed by atoms with E-state index in [9.17, 15) is 4.79 Å². The zero-order valence-corrected chi connectivity index (χ0v) is 15.4. The number of rotatable bonds is 9. The number of amides is 1. The van der Waals surface area contributed by atoms with E-state index in [2.05, 4.69) is 38.5 Å². The van der Waals surface area contributed by atoms with Crippen LogP contribution in [0, 0.1) is 0 Å². The highest BCUT2D eigenvalue weighted by Crippen LogP contribution is 2.08. The number of carbonyl (C=O) groups is 1. The van der Waals surface area contributed by atoms with Gasteiger partial charge in [-0.15, -0.1) is 11.3 Å². The Morgan fingerprint density at radius 1 is 1.08 bits per heavy atom. The van der Waals surface area contributed by atoms with E-state index < -0.39 is 0 Å². The van der Waals surface area contributed by atoms with Gasteiger partial charge in [-0.2, -0.15) is 0 Å². The van der Waals surface area contributed by atoms with Crippen molar-refractivity contribution in [3.8, 4) is 0 Å². The molecule has 1 aromatic heterocycles. The molecule has 0 spiro atoms. The number of nitrogens with zero attached hydrogens (tertiary/aromatic N) is 1. The molecule has 0 saturated heterocycles. The van der Waals surface area contributed by atoms with Crippen LogP contribution in [0.4, 0.5) is 0 Å². The van der Waals surface area contributed by atoms with Crippen LogP contribution in [0.5, 0.6) is 0 Å². The quantitative estimate of drug-likeness (QED) is 0.477. The van der Waals surface area contributed by atoms with Gasteiger partial charge in [-0.05, 0) is 23.9 Å². The second-order valence-electron chi connectivity index (χ2n) is 5.53. The highest BCUT2D eigenvalue weighted by atomic mass is 32.1. The molecule has 134 valence electrons. The van der Waals surface area contributed by atoms with Gasteiger partial charge in [-0.1, -0.05) is 36.4 Å². The van der Waals surface area contributed by atoms with Crippen LogP contribution in [0.3, 0.4) is 0 Å². The molecule has 0 saturated carbocycles. The fraction of sp³-hybridized carbons (Fsp3) is 0.368. The van der Waals surface area contributed by atoms with Crippen molar-refractivity contribution in [1.29, 1.82) is 0 Å². The second kappa shape index (κ2) is 11.3. The van der Waals surface area contributed by atoms with E-state index >= 15 is 0 Å². The molecule has 0 unspecified atom stereocenters. The topological polar surface area (TPSA) is 65.5 Å². The Bertz CT molecular complexity index is 641. The lowest BCUT2D eigenvalue weighted by atomic mass is 10.2. The Balaban J connectivity index is 1.66. The standard InChI is InChI=1S/C19H26N4OS/c1-2-20-19(21-12-10-17-9-6-14-25-17)22-13-11-18(24)23-15-16-7-4-3-5-8-16/h3-9,14H,2,10-13,15H2,1H3,(H,23,24)(H2,20,21,22). The van der Waals surface area contributed by atoms with Crippen molar-refractivity contribution in [2.45, 2.75) is 26.3 Å². The molecule has 25 heavy (non-hydrogen) atoms. The average Bonchev–Trinajstić information content (AvgIpc) is 3.14. The molecule has 2 aromatic rings. The van der Waals surface area contributed by atoms with E-state index in [-0.39, 0.29) is 5.91 Å². The van der Waals surface area contributed by atoms with E-state index in [4.69, 9.17) is 0 Å². The maximum Gasteiger partial charge on any atom is 0.222 e. The predicted molar refractivity (Wildman–Crippen MR) is 105 cm³/mol. The van der Waals surface area contributed by atoms with Crippen LogP contribution in [-0.2, 0) is 17.8 Å². The van der Waals surface area contributed by atoms with Crippen molar-refractivity contribution in [1.82, 2.24) is 16.0 Å². The fourth-order valence-electron chi connectivity index (χ4n) is 2.25. The van der Waals surface area contributed by atoms with Crippen LogP contribution < -0.4 is 16.0 Å².